The van der Waals surface area contributed by atoms with Crippen LogP contribution in [0.25, 0.3) is 0 Å². The van der Waals surface area contributed by atoms with Crippen LogP contribution in [0.5, 0.6) is 0 Å². The van der Waals surface area contributed by atoms with Crippen molar-refractivity contribution in [2.75, 3.05) is 19.6 Å². The van der Waals surface area contributed by atoms with Gasteiger partial charge in [-0.2, -0.15) is 13.2 Å². The number of nitrogens with zero attached hydrogens (tertiary/aromatic N) is 1. The number of nitrogens with two attached hydrogens (primary N) is 1. The van der Waals surface area contributed by atoms with Crippen LogP contribution in [0.3, 0.4) is 0 Å². The van der Waals surface area contributed by atoms with E-state index in [4.69, 9.17) is 5.73 Å². The molecule has 0 aromatic rings. The van der Waals surface area contributed by atoms with Crippen molar-refractivity contribution in [2.45, 2.75) is 25.9 Å². The van der Waals surface area contributed by atoms with Crippen LogP contribution in [0.15, 0.2) is 0 Å². The molecule has 0 saturated carbocycles. The van der Waals surface area contributed by atoms with Gasteiger partial charge in [0.25, 0.3) is 0 Å². The molecule has 0 aromatic carbocycles. The van der Waals surface area contributed by atoms with Crippen LogP contribution in [-0.2, 0) is 4.79 Å². The zero-order chi connectivity index (χ0) is 12.3. The first kappa shape index (κ1) is 13.3. The van der Waals surface area contributed by atoms with Gasteiger partial charge in [-0.15, -0.1) is 0 Å². The summed E-state index contributed by atoms with van der Waals surface area (Å²) < 4.78 is 37.5. The molecule has 1 aliphatic heterocycles. The maximum atomic E-state index is 12.5. The van der Waals surface area contributed by atoms with E-state index in [9.17, 15) is 18.0 Å². The summed E-state index contributed by atoms with van der Waals surface area (Å²) in [6.45, 7) is 2.01. The molecule has 0 radical (unpaired) electrons. The van der Waals surface area contributed by atoms with Crippen molar-refractivity contribution in [3.05, 3.63) is 0 Å². The lowest BCUT2D eigenvalue weighted by Crippen LogP contribution is -2.47. The van der Waals surface area contributed by atoms with Crippen LogP contribution in [0.1, 0.15) is 19.8 Å². The Morgan fingerprint density at radius 2 is 2.19 bits per heavy atom. The highest BCUT2D eigenvalue weighted by atomic mass is 19.4. The van der Waals surface area contributed by atoms with Crippen molar-refractivity contribution >= 4 is 5.91 Å². The van der Waals surface area contributed by atoms with Gasteiger partial charge in [0, 0.05) is 25.6 Å². The minimum absolute atomic E-state index is 0.115. The zero-order valence-electron chi connectivity index (χ0n) is 9.26. The van der Waals surface area contributed by atoms with Crippen molar-refractivity contribution in [1.82, 2.24) is 4.90 Å². The van der Waals surface area contributed by atoms with E-state index >= 15 is 0 Å². The molecule has 2 atom stereocenters. The standard InChI is InChI=1S/C10H17F3N2O/c1-7(5-14)9(16)15-4-2-3-8(6-15)10(11,12)13/h7-8H,2-6,14H2,1H3. The van der Waals surface area contributed by atoms with E-state index < -0.39 is 18.0 Å². The molecule has 6 heteroatoms. The number of hydrogen-bond acceptors (Lipinski definition) is 2. The lowest BCUT2D eigenvalue weighted by atomic mass is 9.96. The van der Waals surface area contributed by atoms with Crippen molar-refractivity contribution in [2.24, 2.45) is 17.6 Å². The molecule has 2 N–H and O–H groups in total. The van der Waals surface area contributed by atoms with Crippen LogP contribution in [0.4, 0.5) is 13.2 Å². The Kier molecular flexibility index (Phi) is 4.18. The van der Waals surface area contributed by atoms with E-state index in [0.29, 0.717) is 13.0 Å². The third-order valence-corrected chi connectivity index (χ3v) is 2.97. The number of amides is 1. The third kappa shape index (κ3) is 3.10. The van der Waals surface area contributed by atoms with Crippen molar-refractivity contribution in [1.29, 1.82) is 0 Å². The highest BCUT2D eigenvalue weighted by molar-refractivity contribution is 5.78. The average Bonchev–Trinajstić information content (AvgIpc) is 2.26. The number of alkyl halides is 3. The Morgan fingerprint density at radius 3 is 2.69 bits per heavy atom. The minimum Gasteiger partial charge on any atom is -0.342 e. The van der Waals surface area contributed by atoms with Crippen LogP contribution < -0.4 is 5.73 Å². The summed E-state index contributed by atoms with van der Waals surface area (Å²) in [7, 11) is 0. The summed E-state index contributed by atoms with van der Waals surface area (Å²) in [4.78, 5) is 13.0. The molecule has 0 aliphatic carbocycles. The quantitative estimate of drug-likeness (QED) is 0.790. The summed E-state index contributed by atoms with van der Waals surface area (Å²) in [5.41, 5.74) is 5.33. The van der Waals surface area contributed by atoms with E-state index in [1.165, 1.54) is 4.90 Å². The average molecular weight is 238 g/mol. The molecule has 94 valence electrons. The Hall–Kier alpha value is -0.780. The van der Waals surface area contributed by atoms with Gasteiger partial charge in [0.2, 0.25) is 5.91 Å². The summed E-state index contributed by atoms with van der Waals surface area (Å²) in [6, 6.07) is 0. The molecule has 1 saturated heterocycles. The second-order valence-corrected chi connectivity index (χ2v) is 4.30. The maximum absolute atomic E-state index is 12.5. The van der Waals surface area contributed by atoms with E-state index in [2.05, 4.69) is 0 Å². The lowest BCUT2D eigenvalue weighted by Gasteiger charge is -2.35. The number of carbonyl (C=O) groups is 1. The number of hydrogen-bond donors (Lipinski definition) is 1. The highest BCUT2D eigenvalue weighted by Gasteiger charge is 2.42. The van der Waals surface area contributed by atoms with Crippen molar-refractivity contribution in [3.8, 4) is 0 Å². The van der Waals surface area contributed by atoms with E-state index in [1.807, 2.05) is 0 Å². The molecule has 2 unspecified atom stereocenters. The van der Waals surface area contributed by atoms with Crippen LogP contribution in [0.2, 0.25) is 0 Å². The fraction of sp³-hybridized carbons (Fsp3) is 0.900. The fourth-order valence-electron chi connectivity index (χ4n) is 1.86. The van der Waals surface area contributed by atoms with Gasteiger partial charge in [0.05, 0.1) is 5.92 Å². The first-order chi connectivity index (χ1) is 7.36. The molecular weight excluding hydrogens is 221 g/mol. The second kappa shape index (κ2) is 5.03. The SMILES string of the molecule is CC(CN)C(=O)N1CCCC(C(F)(F)F)C1. The summed E-state index contributed by atoms with van der Waals surface area (Å²) in [6.07, 6.45) is -3.68. The molecule has 0 aromatic heterocycles. The zero-order valence-corrected chi connectivity index (χ0v) is 9.26. The normalized spacial score (nSPS) is 24.3. The van der Waals surface area contributed by atoms with Crippen LogP contribution in [-0.4, -0.2) is 36.6 Å². The van der Waals surface area contributed by atoms with Gasteiger partial charge >= 0.3 is 6.18 Å². The monoisotopic (exact) mass is 238 g/mol. The largest absolute Gasteiger partial charge is 0.393 e. The summed E-state index contributed by atoms with van der Waals surface area (Å²) in [5, 5.41) is 0. The first-order valence-electron chi connectivity index (χ1n) is 5.41. The predicted octanol–water partition coefficient (Wildman–Crippen LogP) is 1.38. The predicted molar refractivity (Wildman–Crippen MR) is 53.6 cm³/mol. The molecule has 1 aliphatic rings. The van der Waals surface area contributed by atoms with Gasteiger partial charge in [0.1, 0.15) is 0 Å². The van der Waals surface area contributed by atoms with Gasteiger partial charge < -0.3 is 10.6 Å². The van der Waals surface area contributed by atoms with Gasteiger partial charge in [-0.25, -0.2) is 0 Å². The van der Waals surface area contributed by atoms with Gasteiger partial charge in [-0.1, -0.05) is 6.92 Å². The number of carbonyl (C=O) groups excluding carboxylic acids is 1. The van der Waals surface area contributed by atoms with Gasteiger partial charge in [-0.3, -0.25) is 4.79 Å². The molecular formula is C10H17F3N2O. The van der Waals surface area contributed by atoms with E-state index in [1.54, 1.807) is 6.92 Å². The Morgan fingerprint density at radius 1 is 1.56 bits per heavy atom. The highest BCUT2D eigenvalue weighted by Crippen LogP contribution is 2.33. The van der Waals surface area contributed by atoms with Gasteiger partial charge in [0.15, 0.2) is 0 Å². The topological polar surface area (TPSA) is 46.3 Å². The van der Waals surface area contributed by atoms with Crippen LogP contribution in [0, 0.1) is 11.8 Å². The summed E-state index contributed by atoms with van der Waals surface area (Å²) in [5.74, 6) is -2.04. The molecule has 0 bridgehead atoms. The number of rotatable bonds is 2. The van der Waals surface area contributed by atoms with Gasteiger partial charge in [-0.05, 0) is 12.8 Å². The van der Waals surface area contributed by atoms with Crippen LogP contribution >= 0.6 is 0 Å². The lowest BCUT2D eigenvalue weighted by molar-refractivity contribution is -0.188. The Bertz CT molecular complexity index is 255. The Balaban J connectivity index is 2.60. The third-order valence-electron chi connectivity index (χ3n) is 2.97. The molecule has 1 rings (SSSR count). The molecule has 0 spiro atoms. The number of piperidine rings is 1. The molecule has 1 fully saturated rings. The molecule has 1 heterocycles. The molecule has 1 amide bonds. The minimum atomic E-state index is -4.20. The number of likely N-dealkylation sites (tertiary alicyclic amines) is 1. The van der Waals surface area contributed by atoms with E-state index in [-0.39, 0.29) is 25.4 Å². The fourth-order valence-corrected chi connectivity index (χ4v) is 1.86. The van der Waals surface area contributed by atoms with Crippen molar-refractivity contribution in [3.63, 3.8) is 0 Å². The van der Waals surface area contributed by atoms with Crippen molar-refractivity contribution < 1.29 is 18.0 Å². The summed E-state index contributed by atoms with van der Waals surface area (Å²) >= 11 is 0. The van der Waals surface area contributed by atoms with E-state index in [0.717, 1.165) is 0 Å². The first-order valence-corrected chi connectivity index (χ1v) is 5.41. The number of halogens is 3. The smallest absolute Gasteiger partial charge is 0.342 e. The molecule has 3 nitrogen and oxygen atoms in total. The second-order valence-electron chi connectivity index (χ2n) is 4.30. The maximum Gasteiger partial charge on any atom is 0.393 e. The molecule has 16 heavy (non-hydrogen) atoms. The Labute approximate surface area is 92.8 Å².